The Labute approximate surface area is 486 Å². The van der Waals surface area contributed by atoms with Gasteiger partial charge < -0.3 is 39.7 Å². The van der Waals surface area contributed by atoms with Gasteiger partial charge in [0, 0.05) is 56.5 Å². The number of rotatable bonds is 19. The van der Waals surface area contributed by atoms with Gasteiger partial charge in [0.2, 0.25) is 17.7 Å². The Morgan fingerprint density at radius 3 is 2.44 bits per heavy atom. The van der Waals surface area contributed by atoms with Crippen molar-refractivity contribution >= 4 is 73.9 Å². The molecule has 5 heterocycles. The number of aryl methyl sites for hydroxylation is 1. The molecule has 3 fully saturated rings. The molecule has 3 saturated heterocycles. The summed E-state index contributed by atoms with van der Waals surface area (Å²) in [7, 11) is 0. The first-order chi connectivity index (χ1) is 39.2. The van der Waals surface area contributed by atoms with Crippen molar-refractivity contribution in [2.24, 2.45) is 11.3 Å². The highest BCUT2D eigenvalue weighted by atomic mass is 35.5. The van der Waals surface area contributed by atoms with Crippen LogP contribution < -0.4 is 15.0 Å². The molecule has 3 amide bonds. The molecule has 20 heteroatoms. The lowest BCUT2D eigenvalue weighted by atomic mass is 9.85. The van der Waals surface area contributed by atoms with E-state index in [1.54, 1.807) is 28.4 Å². The summed E-state index contributed by atoms with van der Waals surface area (Å²) in [6, 6.07) is 19.9. The number of aromatic nitrogens is 3. The highest BCUT2D eigenvalue weighted by molar-refractivity contribution is 7.13. The van der Waals surface area contributed by atoms with Crippen LogP contribution in [0, 0.1) is 35.4 Å². The molecule has 0 aliphatic carbocycles. The van der Waals surface area contributed by atoms with Gasteiger partial charge in [-0.3, -0.25) is 24.1 Å². The Balaban J connectivity index is 0.807. The summed E-state index contributed by atoms with van der Waals surface area (Å²) in [5.41, 5.74) is 4.50. The minimum atomic E-state index is -0.976. The number of piperidine rings is 1. The highest BCUT2D eigenvalue weighted by Crippen LogP contribution is 2.43. The van der Waals surface area contributed by atoms with Crippen LogP contribution in [0.15, 0.2) is 84.9 Å². The summed E-state index contributed by atoms with van der Waals surface area (Å²) in [6.07, 6.45) is 1.81. The number of piperazine rings is 1. The number of carbonyl (C=O) groups excluding carboxylic acids is 4. The number of nitrogens with one attached hydrogen (secondary N) is 1. The standard InChI is InChI=1S/C62H71ClFN9O8S/c1-8-53(78)72-24-23-71(31-43(72)17-20-65)59-48-29-49(63)54(47-27-44(74)26-42-11-9-10-12-46(42)47)55(64)56(48)68-61(69-59)81-37(3)30-70-21-18-39(19-22-70)33-80-34-52(77)67-58(62(5,6)7)60(79)73-32-45(75)28-50(73)51(76)25-36(2)40-13-15-41(16-14-40)57-38(4)66-35-82-57/h8-16,26-27,29,35-37,39,43,45,50,58,74-75H,1,17-19,21-25,28,30-34H2,2-7H3,(H,67,77)/t36-,37-,43+,45-,50+,58-/m1/s1. The van der Waals surface area contributed by atoms with Crippen LogP contribution in [0.3, 0.4) is 0 Å². The summed E-state index contributed by atoms with van der Waals surface area (Å²) in [5, 5.41) is 35.9. The molecule has 6 aromatic rings. The zero-order valence-electron chi connectivity index (χ0n) is 47.2. The molecule has 3 aliphatic rings. The number of carbonyl (C=O) groups is 4. The number of fused-ring (bicyclic) bond motifs is 2. The number of Topliss-reactive ketones (excluding diaryl/α,β-unsaturated/α-hetero) is 1. The minimum Gasteiger partial charge on any atom is -0.508 e. The maximum absolute atomic E-state index is 17.3. The van der Waals surface area contributed by atoms with Gasteiger partial charge in [-0.05, 0) is 109 Å². The van der Waals surface area contributed by atoms with Gasteiger partial charge in [-0.15, -0.1) is 11.3 Å². The molecule has 6 atom stereocenters. The fraction of sp³-hybridized carbons (Fsp3) is 0.452. The second kappa shape index (κ2) is 25.6. The number of benzene rings is 4. The van der Waals surface area contributed by atoms with Crippen molar-refractivity contribution in [3.8, 4) is 39.4 Å². The molecule has 0 radical (unpaired) electrons. The van der Waals surface area contributed by atoms with Crippen molar-refractivity contribution in [2.75, 3.05) is 63.9 Å². The molecule has 2 aromatic heterocycles. The molecule has 4 aromatic carbocycles. The van der Waals surface area contributed by atoms with Gasteiger partial charge in [0.05, 0.1) is 58.4 Å². The van der Waals surface area contributed by atoms with Crippen LogP contribution in [0.4, 0.5) is 10.2 Å². The molecule has 82 heavy (non-hydrogen) atoms. The van der Waals surface area contributed by atoms with Gasteiger partial charge in [0.25, 0.3) is 0 Å². The van der Waals surface area contributed by atoms with Crippen LogP contribution in [-0.4, -0.2) is 153 Å². The van der Waals surface area contributed by atoms with Gasteiger partial charge in [-0.2, -0.15) is 15.2 Å². The number of phenolic OH excluding ortho intramolecular Hbond substituents is 1. The number of β-amino-alcohol motifs (C(OH)–C–C–N with tert-alkyl or cyclic N) is 1. The third-order valence-corrected chi connectivity index (χ3v) is 17.3. The smallest absolute Gasteiger partial charge is 0.319 e. The number of nitriles is 1. The fourth-order valence-electron chi connectivity index (χ4n) is 11.6. The number of hydrogen-bond donors (Lipinski definition) is 3. The zero-order chi connectivity index (χ0) is 58.6. The largest absolute Gasteiger partial charge is 0.508 e. The first kappa shape index (κ1) is 59.5. The van der Waals surface area contributed by atoms with Crippen LogP contribution in [0.2, 0.25) is 5.02 Å². The van der Waals surface area contributed by atoms with Crippen LogP contribution in [-0.2, 0) is 23.9 Å². The number of amides is 3. The van der Waals surface area contributed by atoms with Gasteiger partial charge >= 0.3 is 6.01 Å². The van der Waals surface area contributed by atoms with E-state index in [1.165, 1.54) is 17.0 Å². The van der Waals surface area contributed by atoms with Crippen LogP contribution >= 0.6 is 22.9 Å². The molecular formula is C62H71ClFN9O8S. The third kappa shape index (κ3) is 13.4. The number of nitrogens with zero attached hydrogens (tertiary/aromatic N) is 8. The van der Waals surface area contributed by atoms with E-state index in [0.717, 1.165) is 34.5 Å². The lowest BCUT2D eigenvalue weighted by molar-refractivity contribution is -0.144. The average Bonchev–Trinajstić information content (AvgIpc) is 3.82. The predicted molar refractivity (Wildman–Crippen MR) is 315 cm³/mol. The third-order valence-electron chi connectivity index (χ3n) is 16.0. The van der Waals surface area contributed by atoms with Crippen molar-refractivity contribution in [1.82, 2.24) is 35.0 Å². The maximum atomic E-state index is 17.3. The van der Waals surface area contributed by atoms with Gasteiger partial charge in [0.1, 0.15) is 35.8 Å². The zero-order valence-corrected chi connectivity index (χ0v) is 48.8. The van der Waals surface area contributed by atoms with Crippen LogP contribution in [0.5, 0.6) is 11.8 Å². The van der Waals surface area contributed by atoms with E-state index < -0.39 is 53.4 Å². The fourth-order valence-corrected chi connectivity index (χ4v) is 12.8. The maximum Gasteiger partial charge on any atom is 0.319 e. The van der Waals surface area contributed by atoms with Crippen molar-refractivity contribution in [3.05, 3.63) is 107 Å². The molecule has 0 unspecified atom stereocenters. The van der Waals surface area contributed by atoms with E-state index >= 15 is 4.39 Å². The van der Waals surface area contributed by atoms with E-state index in [1.807, 2.05) is 100 Å². The van der Waals surface area contributed by atoms with Crippen molar-refractivity contribution in [2.45, 2.75) is 110 Å². The second-order valence-electron chi connectivity index (χ2n) is 23.1. The number of phenols is 1. The lowest BCUT2D eigenvalue weighted by Crippen LogP contribution is -2.57. The van der Waals surface area contributed by atoms with Gasteiger partial charge in [0.15, 0.2) is 11.6 Å². The summed E-state index contributed by atoms with van der Waals surface area (Å²) in [4.78, 5) is 76.7. The molecular weight excluding hydrogens is 1090 g/mol. The van der Waals surface area contributed by atoms with Crippen molar-refractivity contribution in [1.29, 1.82) is 5.26 Å². The predicted octanol–water partition coefficient (Wildman–Crippen LogP) is 9.25. The lowest BCUT2D eigenvalue weighted by Gasteiger charge is -2.41. The quantitative estimate of drug-likeness (QED) is 0.0645. The number of hydrogen-bond acceptors (Lipinski definition) is 15. The van der Waals surface area contributed by atoms with Gasteiger partial charge in [-0.1, -0.05) is 94.4 Å². The Morgan fingerprint density at radius 1 is 1.00 bits per heavy atom. The number of aliphatic hydroxyl groups excluding tert-OH is 1. The van der Waals surface area contributed by atoms with E-state index in [-0.39, 0.29) is 96.9 Å². The number of anilines is 1. The highest BCUT2D eigenvalue weighted by Gasteiger charge is 2.45. The molecule has 9 rings (SSSR count). The summed E-state index contributed by atoms with van der Waals surface area (Å²) >= 11 is 8.56. The van der Waals surface area contributed by atoms with E-state index in [2.05, 4.69) is 32.8 Å². The Bertz CT molecular complexity index is 3400. The normalized spacial score (nSPS) is 19.2. The molecule has 0 bridgehead atoms. The van der Waals surface area contributed by atoms with Crippen LogP contribution in [0.25, 0.3) is 43.2 Å². The number of halogens is 2. The number of thiazole rings is 1. The Morgan fingerprint density at radius 2 is 1.74 bits per heavy atom. The topological polar surface area (TPSA) is 215 Å². The molecule has 432 valence electrons. The number of aliphatic hydroxyl groups is 1. The van der Waals surface area contributed by atoms with E-state index in [9.17, 15) is 34.7 Å². The van der Waals surface area contributed by atoms with Gasteiger partial charge in [-0.25, -0.2) is 9.37 Å². The summed E-state index contributed by atoms with van der Waals surface area (Å²) in [5.74, 6) is -1.74. The Hall–Kier alpha value is -7.08. The molecule has 0 saturated carbocycles. The average molecular weight is 1160 g/mol. The van der Waals surface area contributed by atoms with Crippen LogP contribution in [0.1, 0.15) is 83.9 Å². The molecule has 17 nitrogen and oxygen atoms in total. The monoisotopic (exact) mass is 1160 g/mol. The number of ether oxygens (including phenoxy) is 2. The van der Waals surface area contributed by atoms with Crippen molar-refractivity contribution in [3.63, 3.8) is 0 Å². The number of aromatic hydroxyl groups is 1. The SMILES string of the molecule is C=CC(=O)N1CCN(c2nc(O[C@H](C)CN3CCC(COCC(=O)N[C@H](C(=O)N4C[C@H](O)C[C@H]4C(=O)C[C@@H](C)c4ccc(-c5scnc5C)cc4)C(C)(C)C)CC3)nc3c(F)c(-c4cc(O)cc5ccccc45)c(Cl)cc23)C[C@@H]1CC#N. The van der Waals surface area contributed by atoms with E-state index in [0.29, 0.717) is 60.3 Å². The number of likely N-dealkylation sites (tertiary alicyclic amines) is 2. The molecule has 3 aliphatic heterocycles. The van der Waals surface area contributed by atoms with Crippen molar-refractivity contribution < 1.29 is 43.3 Å². The molecule has 0 spiro atoms. The molecule has 3 N–H and O–H groups in total. The first-order valence-electron chi connectivity index (χ1n) is 28.0. The van der Waals surface area contributed by atoms with E-state index in [4.69, 9.17) is 26.1 Å². The first-order valence-corrected chi connectivity index (χ1v) is 29.2. The summed E-state index contributed by atoms with van der Waals surface area (Å²) in [6.45, 7) is 17.8. The minimum absolute atomic E-state index is 0.00486. The number of ketones is 1. The Kier molecular flexibility index (Phi) is 18.6. The summed E-state index contributed by atoms with van der Waals surface area (Å²) < 4.78 is 29.7. The second-order valence-corrected chi connectivity index (χ2v) is 24.4.